The van der Waals surface area contributed by atoms with Crippen LogP contribution >= 0.6 is 0 Å². The lowest BCUT2D eigenvalue weighted by Crippen LogP contribution is -2.33. The minimum atomic E-state index is -0.629. The Bertz CT molecular complexity index is 737. The number of benzene rings is 1. The van der Waals surface area contributed by atoms with Gasteiger partial charge in [0.1, 0.15) is 0 Å². The number of anilines is 1. The molecule has 0 atom stereocenters. The molecule has 0 bridgehead atoms. The zero-order chi connectivity index (χ0) is 17.0. The first-order valence-corrected chi connectivity index (χ1v) is 7.94. The van der Waals surface area contributed by atoms with Crippen molar-refractivity contribution < 1.29 is 10.0 Å². The van der Waals surface area contributed by atoms with E-state index in [1.165, 1.54) is 18.0 Å². The van der Waals surface area contributed by atoms with E-state index in [-0.39, 0.29) is 11.1 Å². The summed E-state index contributed by atoms with van der Waals surface area (Å²) < 4.78 is 0. The molecule has 2 aromatic rings. The van der Waals surface area contributed by atoms with Gasteiger partial charge in [0, 0.05) is 12.4 Å². The first-order valence-electron chi connectivity index (χ1n) is 7.94. The van der Waals surface area contributed by atoms with Crippen molar-refractivity contribution in [3.05, 3.63) is 59.9 Å². The second kappa shape index (κ2) is 6.80. The Hall–Kier alpha value is -2.73. The Morgan fingerprint density at radius 3 is 2.58 bits per heavy atom. The molecule has 0 unspecified atom stereocenters. The SMILES string of the molecule is C=Cc1cccc(C2(Nc3ncc(C(=O)NO)cn3)CCCC2)c1. The molecule has 124 valence electrons. The van der Waals surface area contributed by atoms with Crippen molar-refractivity contribution in [3.8, 4) is 0 Å². The van der Waals surface area contributed by atoms with E-state index >= 15 is 0 Å². The number of carbonyl (C=O) groups excluding carboxylic acids is 1. The van der Waals surface area contributed by atoms with Crippen LogP contribution in [0, 0.1) is 0 Å². The molecule has 1 aliphatic carbocycles. The summed E-state index contributed by atoms with van der Waals surface area (Å²) in [6.45, 7) is 3.84. The highest BCUT2D eigenvalue weighted by molar-refractivity contribution is 5.92. The van der Waals surface area contributed by atoms with E-state index in [1.54, 1.807) is 5.48 Å². The molecule has 1 aromatic heterocycles. The Morgan fingerprint density at radius 1 is 1.25 bits per heavy atom. The van der Waals surface area contributed by atoms with Crippen molar-refractivity contribution in [1.82, 2.24) is 15.4 Å². The number of nitrogens with zero attached hydrogens (tertiary/aromatic N) is 2. The fourth-order valence-corrected chi connectivity index (χ4v) is 3.22. The molecule has 3 N–H and O–H groups in total. The Kier molecular flexibility index (Phi) is 4.57. The highest BCUT2D eigenvalue weighted by Gasteiger charge is 2.36. The van der Waals surface area contributed by atoms with Crippen LogP contribution in [0.15, 0.2) is 43.2 Å². The number of carbonyl (C=O) groups is 1. The molecule has 1 heterocycles. The van der Waals surface area contributed by atoms with Gasteiger partial charge in [-0.25, -0.2) is 15.4 Å². The molecule has 0 spiro atoms. The van der Waals surface area contributed by atoms with Gasteiger partial charge in [0.2, 0.25) is 5.95 Å². The molecular weight excluding hydrogens is 304 g/mol. The molecule has 6 nitrogen and oxygen atoms in total. The fourth-order valence-electron chi connectivity index (χ4n) is 3.22. The van der Waals surface area contributed by atoms with Crippen LogP contribution in [-0.4, -0.2) is 21.1 Å². The maximum atomic E-state index is 11.4. The van der Waals surface area contributed by atoms with Crippen LogP contribution in [0.4, 0.5) is 5.95 Å². The van der Waals surface area contributed by atoms with Gasteiger partial charge in [-0.05, 0) is 30.0 Å². The van der Waals surface area contributed by atoms with E-state index in [0.29, 0.717) is 5.95 Å². The summed E-state index contributed by atoms with van der Waals surface area (Å²) in [5.41, 5.74) is 3.84. The van der Waals surface area contributed by atoms with Crippen LogP contribution in [0.3, 0.4) is 0 Å². The third-order valence-corrected chi connectivity index (χ3v) is 4.50. The minimum Gasteiger partial charge on any atom is -0.345 e. The first kappa shape index (κ1) is 16.1. The summed E-state index contributed by atoms with van der Waals surface area (Å²) >= 11 is 0. The number of nitrogens with one attached hydrogen (secondary N) is 2. The normalized spacial score (nSPS) is 15.7. The van der Waals surface area contributed by atoms with E-state index in [0.717, 1.165) is 31.2 Å². The predicted octanol–water partition coefficient (Wildman–Crippen LogP) is 3.12. The van der Waals surface area contributed by atoms with Crippen molar-refractivity contribution in [2.75, 3.05) is 5.32 Å². The quantitative estimate of drug-likeness (QED) is 0.581. The third kappa shape index (κ3) is 3.14. The number of hydrogen-bond acceptors (Lipinski definition) is 5. The van der Waals surface area contributed by atoms with Crippen molar-refractivity contribution in [1.29, 1.82) is 0 Å². The highest BCUT2D eigenvalue weighted by Crippen LogP contribution is 2.41. The van der Waals surface area contributed by atoms with Crippen LogP contribution < -0.4 is 10.8 Å². The van der Waals surface area contributed by atoms with E-state index < -0.39 is 5.91 Å². The van der Waals surface area contributed by atoms with Gasteiger partial charge in [-0.3, -0.25) is 10.0 Å². The van der Waals surface area contributed by atoms with Gasteiger partial charge in [0.15, 0.2) is 0 Å². The fraction of sp³-hybridized carbons (Fsp3) is 0.278. The summed E-state index contributed by atoms with van der Waals surface area (Å²) in [5, 5.41) is 12.1. The first-order chi connectivity index (χ1) is 11.7. The molecule has 1 aromatic carbocycles. The van der Waals surface area contributed by atoms with E-state index in [1.807, 2.05) is 18.2 Å². The highest BCUT2D eigenvalue weighted by atomic mass is 16.5. The molecular formula is C18H20N4O2. The summed E-state index contributed by atoms with van der Waals surface area (Å²) in [7, 11) is 0. The minimum absolute atomic E-state index is 0.206. The molecule has 1 amide bonds. The van der Waals surface area contributed by atoms with Gasteiger partial charge in [-0.2, -0.15) is 0 Å². The van der Waals surface area contributed by atoms with Gasteiger partial charge in [-0.1, -0.05) is 43.7 Å². The van der Waals surface area contributed by atoms with Crippen molar-refractivity contribution >= 4 is 17.9 Å². The molecule has 3 rings (SSSR count). The van der Waals surface area contributed by atoms with Gasteiger partial charge in [0.05, 0.1) is 11.1 Å². The van der Waals surface area contributed by atoms with Crippen LogP contribution in [0.5, 0.6) is 0 Å². The van der Waals surface area contributed by atoms with Crippen molar-refractivity contribution in [3.63, 3.8) is 0 Å². The number of aromatic nitrogens is 2. The van der Waals surface area contributed by atoms with E-state index in [2.05, 4.69) is 34.0 Å². The van der Waals surface area contributed by atoms with Crippen LogP contribution in [-0.2, 0) is 5.54 Å². The standard InChI is InChI=1S/C18H20N4O2/c1-2-13-6-5-7-15(10-13)18(8-3-4-9-18)21-17-19-11-14(12-20-17)16(23)22-24/h2,5-7,10-12,24H,1,3-4,8-9H2,(H,22,23)(H,19,20,21). The Labute approximate surface area is 140 Å². The lowest BCUT2D eigenvalue weighted by molar-refractivity contribution is 0.0705. The molecule has 1 fully saturated rings. The average molecular weight is 324 g/mol. The maximum absolute atomic E-state index is 11.4. The summed E-state index contributed by atoms with van der Waals surface area (Å²) in [4.78, 5) is 19.8. The molecule has 6 heteroatoms. The monoisotopic (exact) mass is 324 g/mol. The molecule has 0 saturated heterocycles. The summed E-state index contributed by atoms with van der Waals surface area (Å²) in [5.74, 6) is -0.161. The third-order valence-electron chi connectivity index (χ3n) is 4.50. The molecule has 0 aliphatic heterocycles. The second-order valence-electron chi connectivity index (χ2n) is 5.98. The number of hydroxylamine groups is 1. The molecule has 24 heavy (non-hydrogen) atoms. The van der Waals surface area contributed by atoms with E-state index in [9.17, 15) is 4.79 Å². The summed E-state index contributed by atoms with van der Waals surface area (Å²) in [6, 6.07) is 8.30. The molecule has 1 saturated carbocycles. The zero-order valence-electron chi connectivity index (χ0n) is 13.3. The smallest absolute Gasteiger partial charge is 0.277 e. The number of rotatable bonds is 5. The Balaban J connectivity index is 1.88. The van der Waals surface area contributed by atoms with Crippen LogP contribution in [0.25, 0.3) is 6.08 Å². The largest absolute Gasteiger partial charge is 0.345 e. The van der Waals surface area contributed by atoms with Crippen LogP contribution in [0.2, 0.25) is 0 Å². The van der Waals surface area contributed by atoms with Crippen LogP contribution in [0.1, 0.15) is 47.2 Å². The van der Waals surface area contributed by atoms with Gasteiger partial charge < -0.3 is 5.32 Å². The molecule has 1 aliphatic rings. The lowest BCUT2D eigenvalue weighted by atomic mass is 9.87. The predicted molar refractivity (Wildman–Crippen MR) is 91.6 cm³/mol. The number of hydrogen-bond donors (Lipinski definition) is 3. The number of amides is 1. The zero-order valence-corrected chi connectivity index (χ0v) is 13.3. The second-order valence-corrected chi connectivity index (χ2v) is 5.98. The van der Waals surface area contributed by atoms with E-state index in [4.69, 9.17) is 5.21 Å². The summed E-state index contributed by atoms with van der Waals surface area (Å²) in [6.07, 6.45) is 8.89. The lowest BCUT2D eigenvalue weighted by Gasteiger charge is -2.31. The van der Waals surface area contributed by atoms with Crippen molar-refractivity contribution in [2.45, 2.75) is 31.2 Å². The topological polar surface area (TPSA) is 87.1 Å². The average Bonchev–Trinajstić information content (AvgIpc) is 3.11. The van der Waals surface area contributed by atoms with Gasteiger partial charge in [0.25, 0.3) is 5.91 Å². The van der Waals surface area contributed by atoms with Gasteiger partial charge >= 0.3 is 0 Å². The van der Waals surface area contributed by atoms with Crippen molar-refractivity contribution in [2.24, 2.45) is 0 Å². The molecule has 0 radical (unpaired) electrons. The maximum Gasteiger partial charge on any atom is 0.277 e. The van der Waals surface area contributed by atoms with Gasteiger partial charge in [-0.15, -0.1) is 0 Å². The Morgan fingerprint density at radius 2 is 1.96 bits per heavy atom.